The van der Waals surface area contributed by atoms with Gasteiger partial charge >= 0.3 is 0 Å². The number of carbonyl (C=O) groups is 1. The zero-order valence-corrected chi connectivity index (χ0v) is 13.3. The Morgan fingerprint density at radius 2 is 2.08 bits per heavy atom. The second-order valence-corrected chi connectivity index (χ2v) is 5.85. The number of aromatic nitrogens is 4. The van der Waals surface area contributed by atoms with Gasteiger partial charge in [-0.05, 0) is 18.9 Å². The second kappa shape index (κ2) is 5.92. The van der Waals surface area contributed by atoms with Crippen LogP contribution in [0.2, 0.25) is 0 Å². The van der Waals surface area contributed by atoms with E-state index in [1.165, 1.54) is 12.0 Å². The van der Waals surface area contributed by atoms with Crippen molar-refractivity contribution < 1.29 is 9.21 Å². The van der Waals surface area contributed by atoms with Gasteiger partial charge in [-0.25, -0.2) is 4.98 Å². The van der Waals surface area contributed by atoms with E-state index in [4.69, 9.17) is 4.42 Å². The molecule has 0 saturated heterocycles. The SMILES string of the molecule is C[C@H]1C(=O)N(CCc2ccccc2)Cc2nnc(-c3cnco3)n21. The van der Waals surface area contributed by atoms with Crippen LogP contribution in [0.25, 0.3) is 11.6 Å². The first-order valence-corrected chi connectivity index (χ1v) is 7.89. The molecule has 3 aromatic rings. The molecule has 1 atom stereocenters. The van der Waals surface area contributed by atoms with Crippen LogP contribution in [0.1, 0.15) is 24.4 Å². The topological polar surface area (TPSA) is 77.1 Å². The van der Waals surface area contributed by atoms with E-state index in [0.717, 1.165) is 12.2 Å². The molecular formula is C17H17N5O2. The molecule has 0 bridgehead atoms. The summed E-state index contributed by atoms with van der Waals surface area (Å²) in [5.74, 6) is 1.90. The highest BCUT2D eigenvalue weighted by Crippen LogP contribution is 2.28. The lowest BCUT2D eigenvalue weighted by molar-refractivity contribution is -0.136. The van der Waals surface area contributed by atoms with Gasteiger partial charge in [0.15, 0.2) is 18.0 Å². The summed E-state index contributed by atoms with van der Waals surface area (Å²) in [6, 6.07) is 9.79. The van der Waals surface area contributed by atoms with Crippen LogP contribution in [-0.2, 0) is 17.8 Å². The molecule has 122 valence electrons. The molecule has 0 spiro atoms. The third kappa shape index (κ3) is 2.47. The summed E-state index contributed by atoms with van der Waals surface area (Å²) in [6.45, 7) is 2.98. The number of oxazole rings is 1. The van der Waals surface area contributed by atoms with Gasteiger partial charge < -0.3 is 9.32 Å². The third-order valence-electron chi connectivity index (χ3n) is 4.32. The molecule has 1 aliphatic rings. The Morgan fingerprint density at radius 3 is 2.83 bits per heavy atom. The van der Waals surface area contributed by atoms with Gasteiger partial charge in [0.25, 0.3) is 0 Å². The number of amides is 1. The monoisotopic (exact) mass is 323 g/mol. The zero-order valence-electron chi connectivity index (χ0n) is 13.3. The van der Waals surface area contributed by atoms with E-state index in [-0.39, 0.29) is 11.9 Å². The van der Waals surface area contributed by atoms with Crippen molar-refractivity contribution in [3.8, 4) is 11.6 Å². The Kier molecular flexibility index (Phi) is 3.60. The van der Waals surface area contributed by atoms with Crippen molar-refractivity contribution in [1.82, 2.24) is 24.6 Å². The van der Waals surface area contributed by atoms with Gasteiger partial charge in [0.1, 0.15) is 6.04 Å². The zero-order chi connectivity index (χ0) is 16.5. The molecule has 2 aromatic heterocycles. The van der Waals surface area contributed by atoms with Crippen LogP contribution in [0.15, 0.2) is 47.3 Å². The molecule has 0 unspecified atom stereocenters. The first-order valence-electron chi connectivity index (χ1n) is 7.89. The fraction of sp³-hybridized carbons (Fsp3) is 0.294. The first-order chi connectivity index (χ1) is 11.7. The fourth-order valence-corrected chi connectivity index (χ4v) is 3.05. The molecule has 1 aromatic carbocycles. The van der Waals surface area contributed by atoms with E-state index in [0.29, 0.717) is 24.7 Å². The summed E-state index contributed by atoms with van der Waals surface area (Å²) in [6.07, 6.45) is 3.75. The standard InChI is InChI=1S/C17H17N5O2/c1-12-17(23)21(8-7-13-5-3-2-4-6-13)10-15-19-20-16(22(12)15)14-9-18-11-24-14/h2-6,9,11-12H,7-8,10H2,1H3/t12-/m0/s1. The predicted octanol–water partition coefficient (Wildman–Crippen LogP) is 2.08. The first kappa shape index (κ1) is 14.6. The lowest BCUT2D eigenvalue weighted by Crippen LogP contribution is -2.42. The van der Waals surface area contributed by atoms with Crippen LogP contribution < -0.4 is 0 Å². The Hall–Kier alpha value is -2.96. The minimum Gasteiger partial charge on any atom is -0.440 e. The lowest BCUT2D eigenvalue weighted by atomic mass is 10.1. The van der Waals surface area contributed by atoms with E-state index >= 15 is 0 Å². The van der Waals surface area contributed by atoms with Gasteiger partial charge in [0.2, 0.25) is 11.7 Å². The fourth-order valence-electron chi connectivity index (χ4n) is 3.05. The maximum Gasteiger partial charge on any atom is 0.245 e. The molecule has 4 rings (SSSR count). The van der Waals surface area contributed by atoms with Crippen molar-refractivity contribution in [3.05, 3.63) is 54.3 Å². The highest BCUT2D eigenvalue weighted by Gasteiger charge is 2.33. The molecule has 0 saturated carbocycles. The van der Waals surface area contributed by atoms with Gasteiger partial charge in [-0.2, -0.15) is 0 Å². The van der Waals surface area contributed by atoms with Gasteiger partial charge in [-0.3, -0.25) is 9.36 Å². The van der Waals surface area contributed by atoms with Crippen molar-refractivity contribution >= 4 is 5.91 Å². The van der Waals surface area contributed by atoms with E-state index in [1.54, 1.807) is 6.20 Å². The summed E-state index contributed by atoms with van der Waals surface area (Å²) >= 11 is 0. The maximum absolute atomic E-state index is 12.7. The van der Waals surface area contributed by atoms with Gasteiger partial charge in [-0.1, -0.05) is 30.3 Å². The second-order valence-electron chi connectivity index (χ2n) is 5.85. The van der Waals surface area contributed by atoms with E-state index in [9.17, 15) is 4.79 Å². The number of carbonyl (C=O) groups excluding carboxylic acids is 1. The lowest BCUT2D eigenvalue weighted by Gasteiger charge is -2.31. The Morgan fingerprint density at radius 1 is 1.25 bits per heavy atom. The largest absolute Gasteiger partial charge is 0.440 e. The van der Waals surface area contributed by atoms with E-state index in [2.05, 4.69) is 27.3 Å². The quantitative estimate of drug-likeness (QED) is 0.734. The summed E-state index contributed by atoms with van der Waals surface area (Å²) in [4.78, 5) is 18.5. The molecule has 0 aliphatic carbocycles. The molecule has 24 heavy (non-hydrogen) atoms. The van der Waals surface area contributed by atoms with Gasteiger partial charge in [0, 0.05) is 6.54 Å². The highest BCUT2D eigenvalue weighted by molar-refractivity contribution is 5.81. The van der Waals surface area contributed by atoms with Crippen molar-refractivity contribution in [2.24, 2.45) is 0 Å². The van der Waals surface area contributed by atoms with Crippen LogP contribution >= 0.6 is 0 Å². The van der Waals surface area contributed by atoms with E-state index < -0.39 is 0 Å². The average molecular weight is 323 g/mol. The summed E-state index contributed by atoms with van der Waals surface area (Å²) in [5, 5.41) is 8.41. The molecule has 1 amide bonds. The summed E-state index contributed by atoms with van der Waals surface area (Å²) < 4.78 is 7.14. The number of nitrogens with zero attached hydrogens (tertiary/aromatic N) is 5. The van der Waals surface area contributed by atoms with Crippen LogP contribution in [0, 0.1) is 0 Å². The number of hydrogen-bond acceptors (Lipinski definition) is 5. The molecule has 0 fully saturated rings. The minimum absolute atomic E-state index is 0.0685. The Balaban J connectivity index is 1.56. The number of benzene rings is 1. The Labute approximate surface area is 138 Å². The number of fused-ring (bicyclic) bond motifs is 1. The van der Waals surface area contributed by atoms with Gasteiger partial charge in [-0.15, -0.1) is 10.2 Å². The number of hydrogen-bond donors (Lipinski definition) is 0. The van der Waals surface area contributed by atoms with Crippen LogP contribution in [-0.4, -0.2) is 37.1 Å². The molecular weight excluding hydrogens is 306 g/mol. The summed E-state index contributed by atoms with van der Waals surface area (Å²) in [7, 11) is 0. The molecule has 1 aliphatic heterocycles. The minimum atomic E-state index is -0.361. The molecule has 3 heterocycles. The number of rotatable bonds is 4. The third-order valence-corrected chi connectivity index (χ3v) is 4.32. The Bertz CT molecular complexity index is 841. The molecule has 7 nitrogen and oxygen atoms in total. The summed E-state index contributed by atoms with van der Waals surface area (Å²) in [5.41, 5.74) is 1.22. The van der Waals surface area contributed by atoms with E-state index in [1.807, 2.05) is 34.6 Å². The molecule has 0 radical (unpaired) electrons. The van der Waals surface area contributed by atoms with Gasteiger partial charge in [0.05, 0.1) is 12.7 Å². The van der Waals surface area contributed by atoms with Crippen molar-refractivity contribution in [1.29, 1.82) is 0 Å². The highest BCUT2D eigenvalue weighted by atomic mass is 16.3. The van der Waals surface area contributed by atoms with Crippen molar-refractivity contribution in [2.45, 2.75) is 25.9 Å². The smallest absolute Gasteiger partial charge is 0.245 e. The van der Waals surface area contributed by atoms with Crippen molar-refractivity contribution in [2.75, 3.05) is 6.54 Å². The average Bonchev–Trinajstić information content (AvgIpc) is 3.27. The predicted molar refractivity (Wildman–Crippen MR) is 85.8 cm³/mol. The molecule has 0 N–H and O–H groups in total. The van der Waals surface area contributed by atoms with Crippen LogP contribution in [0.4, 0.5) is 0 Å². The van der Waals surface area contributed by atoms with Crippen molar-refractivity contribution in [3.63, 3.8) is 0 Å². The van der Waals surface area contributed by atoms with Crippen LogP contribution in [0.5, 0.6) is 0 Å². The van der Waals surface area contributed by atoms with Crippen LogP contribution in [0.3, 0.4) is 0 Å². The normalized spacial score (nSPS) is 17.1. The molecule has 7 heteroatoms. The maximum atomic E-state index is 12.7.